The molecule has 1 aromatic carbocycles. The lowest BCUT2D eigenvalue weighted by Gasteiger charge is -2.24. The number of hydrogen-bond donors (Lipinski definition) is 2. The maximum absolute atomic E-state index is 12.2. The predicted molar refractivity (Wildman–Crippen MR) is 90.1 cm³/mol. The first kappa shape index (κ1) is 15.6. The lowest BCUT2D eigenvalue weighted by atomic mass is 10.1. The first-order chi connectivity index (χ1) is 11.1. The first-order valence-electron chi connectivity index (χ1n) is 7.39. The molecule has 0 bridgehead atoms. The minimum absolute atomic E-state index is 0.127. The molecule has 2 aromatic rings. The molecule has 0 fully saturated rings. The second-order valence-electron chi connectivity index (χ2n) is 5.37. The number of fused-ring (bicyclic) bond motifs is 1. The summed E-state index contributed by atoms with van der Waals surface area (Å²) in [6, 6.07) is 11.2. The van der Waals surface area contributed by atoms with Crippen LogP contribution in [0.4, 0.5) is 5.69 Å². The van der Waals surface area contributed by atoms with Crippen LogP contribution in [0.3, 0.4) is 0 Å². The van der Waals surface area contributed by atoms with Crippen LogP contribution in [0.5, 0.6) is 0 Å². The van der Waals surface area contributed by atoms with Crippen LogP contribution >= 0.6 is 11.8 Å². The predicted octanol–water partition coefficient (Wildman–Crippen LogP) is 2.76. The Kier molecular flexibility index (Phi) is 4.62. The van der Waals surface area contributed by atoms with Crippen molar-refractivity contribution in [2.45, 2.75) is 29.5 Å². The largest absolute Gasteiger partial charge is 0.349 e. The van der Waals surface area contributed by atoms with Crippen molar-refractivity contribution in [3.05, 3.63) is 54.4 Å². The molecule has 0 saturated carbocycles. The molecule has 23 heavy (non-hydrogen) atoms. The SMILES string of the molecule is C[C@@H](NC(=O)C[C@@H]1Sc2ccccc2NC1=O)c1cccnc1. The number of benzene rings is 1. The number of carbonyl (C=O) groups is 2. The second kappa shape index (κ2) is 6.83. The molecule has 1 aliphatic heterocycles. The van der Waals surface area contributed by atoms with E-state index in [-0.39, 0.29) is 24.3 Å². The van der Waals surface area contributed by atoms with Crippen molar-refractivity contribution in [3.63, 3.8) is 0 Å². The van der Waals surface area contributed by atoms with Gasteiger partial charge in [0.2, 0.25) is 11.8 Å². The molecule has 118 valence electrons. The minimum atomic E-state index is -0.411. The zero-order chi connectivity index (χ0) is 16.2. The summed E-state index contributed by atoms with van der Waals surface area (Å²) in [5.41, 5.74) is 1.75. The van der Waals surface area contributed by atoms with Crippen molar-refractivity contribution in [3.8, 4) is 0 Å². The molecule has 0 saturated heterocycles. The van der Waals surface area contributed by atoms with Gasteiger partial charge in [0.25, 0.3) is 0 Å². The standard InChI is InChI=1S/C17H17N3O2S/c1-11(12-5-4-8-18-10-12)19-16(21)9-15-17(22)20-13-6-2-3-7-14(13)23-15/h2-8,10-11,15H,9H2,1H3,(H,19,21)(H,20,22)/t11-,15+/m1/s1. The van der Waals surface area contributed by atoms with Gasteiger partial charge in [-0.25, -0.2) is 0 Å². The van der Waals surface area contributed by atoms with Gasteiger partial charge in [-0.15, -0.1) is 11.8 Å². The highest BCUT2D eigenvalue weighted by Crippen LogP contribution is 2.36. The lowest BCUT2D eigenvalue weighted by molar-refractivity contribution is -0.124. The molecule has 2 amide bonds. The summed E-state index contributed by atoms with van der Waals surface area (Å²) in [7, 11) is 0. The third-order valence-corrected chi connectivity index (χ3v) is 4.91. The minimum Gasteiger partial charge on any atom is -0.349 e. The van der Waals surface area contributed by atoms with E-state index < -0.39 is 5.25 Å². The number of aromatic nitrogens is 1. The summed E-state index contributed by atoms with van der Waals surface area (Å²) >= 11 is 1.43. The van der Waals surface area contributed by atoms with Gasteiger partial charge < -0.3 is 10.6 Å². The van der Waals surface area contributed by atoms with Gasteiger partial charge in [0.1, 0.15) is 0 Å². The molecule has 6 heteroatoms. The molecular formula is C17H17N3O2S. The average molecular weight is 327 g/mol. The van der Waals surface area contributed by atoms with Gasteiger partial charge in [-0.2, -0.15) is 0 Å². The summed E-state index contributed by atoms with van der Waals surface area (Å²) in [6.07, 6.45) is 3.57. The molecule has 2 atom stereocenters. The highest BCUT2D eigenvalue weighted by atomic mass is 32.2. The maximum atomic E-state index is 12.2. The van der Waals surface area contributed by atoms with E-state index in [0.29, 0.717) is 0 Å². The highest BCUT2D eigenvalue weighted by molar-refractivity contribution is 8.01. The molecule has 0 aliphatic carbocycles. The van der Waals surface area contributed by atoms with E-state index in [1.807, 2.05) is 43.3 Å². The van der Waals surface area contributed by atoms with Crippen LogP contribution in [0.1, 0.15) is 24.9 Å². The number of pyridine rings is 1. The number of amides is 2. The fourth-order valence-corrected chi connectivity index (χ4v) is 3.52. The Morgan fingerprint density at radius 2 is 2.17 bits per heavy atom. The Labute approximate surface area is 138 Å². The number of carbonyl (C=O) groups excluding carboxylic acids is 2. The van der Waals surface area contributed by atoms with Crippen LogP contribution in [-0.2, 0) is 9.59 Å². The van der Waals surface area contributed by atoms with Gasteiger partial charge >= 0.3 is 0 Å². The monoisotopic (exact) mass is 327 g/mol. The van der Waals surface area contributed by atoms with Gasteiger partial charge in [0.05, 0.1) is 17.0 Å². The van der Waals surface area contributed by atoms with Crippen LogP contribution in [0.25, 0.3) is 0 Å². The quantitative estimate of drug-likeness (QED) is 0.906. The Morgan fingerprint density at radius 1 is 1.35 bits per heavy atom. The first-order valence-corrected chi connectivity index (χ1v) is 8.27. The summed E-state index contributed by atoms with van der Waals surface area (Å²) < 4.78 is 0. The van der Waals surface area contributed by atoms with E-state index in [1.54, 1.807) is 12.4 Å². The normalized spacial score (nSPS) is 17.8. The molecule has 2 heterocycles. The molecule has 0 radical (unpaired) electrons. The van der Waals surface area contributed by atoms with E-state index in [9.17, 15) is 9.59 Å². The molecule has 1 aliphatic rings. The van der Waals surface area contributed by atoms with Gasteiger partial charge in [0, 0.05) is 23.7 Å². The van der Waals surface area contributed by atoms with Crippen LogP contribution < -0.4 is 10.6 Å². The van der Waals surface area contributed by atoms with E-state index in [4.69, 9.17) is 0 Å². The van der Waals surface area contributed by atoms with Crippen LogP contribution in [-0.4, -0.2) is 22.0 Å². The number of nitrogens with one attached hydrogen (secondary N) is 2. The van der Waals surface area contributed by atoms with E-state index >= 15 is 0 Å². The molecule has 5 nitrogen and oxygen atoms in total. The molecule has 1 aromatic heterocycles. The number of nitrogens with zero attached hydrogens (tertiary/aromatic N) is 1. The van der Waals surface area contributed by atoms with Crippen molar-refractivity contribution in [2.75, 3.05) is 5.32 Å². The number of hydrogen-bond acceptors (Lipinski definition) is 4. The van der Waals surface area contributed by atoms with Gasteiger partial charge in [0.15, 0.2) is 0 Å². The van der Waals surface area contributed by atoms with E-state index in [1.165, 1.54) is 11.8 Å². The van der Waals surface area contributed by atoms with Crippen LogP contribution in [0.15, 0.2) is 53.7 Å². The summed E-state index contributed by atoms with van der Waals surface area (Å²) in [6.45, 7) is 1.90. The zero-order valence-corrected chi connectivity index (χ0v) is 13.5. The number of para-hydroxylation sites is 1. The Bertz CT molecular complexity index is 721. The van der Waals surface area contributed by atoms with Crippen LogP contribution in [0, 0.1) is 0 Å². The van der Waals surface area contributed by atoms with Gasteiger partial charge in [-0.3, -0.25) is 14.6 Å². The number of thioether (sulfide) groups is 1. The number of rotatable bonds is 4. The lowest BCUT2D eigenvalue weighted by Crippen LogP contribution is -2.35. The Hall–Kier alpha value is -2.34. The summed E-state index contributed by atoms with van der Waals surface area (Å²) in [4.78, 5) is 29.4. The van der Waals surface area contributed by atoms with E-state index in [0.717, 1.165) is 16.1 Å². The molecule has 2 N–H and O–H groups in total. The smallest absolute Gasteiger partial charge is 0.238 e. The summed E-state index contributed by atoms with van der Waals surface area (Å²) in [5.74, 6) is -0.272. The molecular weight excluding hydrogens is 310 g/mol. The fraction of sp³-hybridized carbons (Fsp3) is 0.235. The molecule has 3 rings (SSSR count). The topological polar surface area (TPSA) is 71.1 Å². The van der Waals surface area contributed by atoms with Crippen molar-refractivity contribution in [1.29, 1.82) is 0 Å². The highest BCUT2D eigenvalue weighted by Gasteiger charge is 2.29. The third kappa shape index (κ3) is 3.71. The Balaban J connectivity index is 1.61. The van der Waals surface area contributed by atoms with Gasteiger partial charge in [-0.05, 0) is 30.7 Å². The maximum Gasteiger partial charge on any atom is 0.238 e. The second-order valence-corrected chi connectivity index (χ2v) is 6.62. The fourth-order valence-electron chi connectivity index (χ4n) is 2.41. The van der Waals surface area contributed by atoms with Crippen molar-refractivity contribution >= 4 is 29.3 Å². The van der Waals surface area contributed by atoms with Crippen molar-refractivity contribution in [1.82, 2.24) is 10.3 Å². The van der Waals surface area contributed by atoms with Crippen molar-refractivity contribution in [2.24, 2.45) is 0 Å². The van der Waals surface area contributed by atoms with Gasteiger partial charge in [-0.1, -0.05) is 18.2 Å². The number of anilines is 1. The molecule has 0 spiro atoms. The molecule has 0 unspecified atom stereocenters. The zero-order valence-electron chi connectivity index (χ0n) is 12.7. The van der Waals surface area contributed by atoms with Crippen molar-refractivity contribution < 1.29 is 9.59 Å². The summed E-state index contributed by atoms with van der Waals surface area (Å²) in [5, 5.41) is 5.36. The third-order valence-electron chi connectivity index (χ3n) is 3.64. The average Bonchev–Trinajstić information content (AvgIpc) is 2.56. The van der Waals surface area contributed by atoms with Crippen LogP contribution in [0.2, 0.25) is 0 Å². The van der Waals surface area contributed by atoms with E-state index in [2.05, 4.69) is 15.6 Å². The Morgan fingerprint density at radius 3 is 2.96 bits per heavy atom.